The summed E-state index contributed by atoms with van der Waals surface area (Å²) in [5.41, 5.74) is 1.84. The van der Waals surface area contributed by atoms with Crippen LogP contribution in [0.2, 0.25) is 5.02 Å². The molecule has 1 aromatic carbocycles. The van der Waals surface area contributed by atoms with Gasteiger partial charge in [-0.1, -0.05) is 11.6 Å². The molecule has 176 valence electrons. The normalized spacial score (nSPS) is 19.4. The fourth-order valence-electron chi connectivity index (χ4n) is 4.31. The third-order valence-electron chi connectivity index (χ3n) is 5.80. The van der Waals surface area contributed by atoms with Crippen molar-refractivity contribution >= 4 is 51.0 Å². The van der Waals surface area contributed by atoms with E-state index in [2.05, 4.69) is 30.8 Å². The monoisotopic (exact) mass is 472 g/mol. The number of halogens is 1. The number of fused-ring (bicyclic) bond motifs is 3. The van der Waals surface area contributed by atoms with Gasteiger partial charge >= 0.3 is 6.03 Å². The molecule has 3 heterocycles. The SMILES string of the molecule is CNC(=O)NC(C)CN1CC(C)(C)OCC1C(=O)Nc1cc(Cl)cc2c1[nH]c1cnccc12. The standard InChI is InChI=1S/C23H29ClN6O3/c1-13(27-22(32)25-4)10-30-12-23(2,3)33-11-19(30)21(31)29-17-8-14(24)7-16-15-5-6-26-9-18(15)28-20(16)17/h5-9,13,19,28H,10-12H2,1-4H3,(H,29,31)(H2,25,27,32). The van der Waals surface area contributed by atoms with Gasteiger partial charge in [0, 0.05) is 48.2 Å². The molecule has 1 aliphatic rings. The summed E-state index contributed by atoms with van der Waals surface area (Å²) in [6.45, 7) is 7.18. The number of aromatic amines is 1. The van der Waals surface area contributed by atoms with Crippen molar-refractivity contribution in [3.8, 4) is 0 Å². The second-order valence-electron chi connectivity index (χ2n) is 9.05. The van der Waals surface area contributed by atoms with E-state index in [0.29, 0.717) is 23.8 Å². The molecule has 1 saturated heterocycles. The lowest BCUT2D eigenvalue weighted by Crippen LogP contribution is -2.60. The minimum atomic E-state index is -0.521. The molecule has 0 spiro atoms. The second-order valence-corrected chi connectivity index (χ2v) is 9.49. The van der Waals surface area contributed by atoms with Gasteiger partial charge in [0.2, 0.25) is 5.91 Å². The molecule has 3 amide bonds. The van der Waals surface area contributed by atoms with Crippen LogP contribution in [-0.4, -0.2) is 71.2 Å². The Bertz CT molecular complexity index is 1190. The highest BCUT2D eigenvalue weighted by Gasteiger charge is 2.38. The van der Waals surface area contributed by atoms with E-state index in [-0.39, 0.29) is 24.6 Å². The van der Waals surface area contributed by atoms with Gasteiger partial charge in [-0.25, -0.2) is 4.79 Å². The summed E-state index contributed by atoms with van der Waals surface area (Å²) in [4.78, 5) is 34.7. The number of nitrogens with zero attached hydrogens (tertiary/aromatic N) is 2. The molecule has 33 heavy (non-hydrogen) atoms. The van der Waals surface area contributed by atoms with E-state index >= 15 is 0 Å². The van der Waals surface area contributed by atoms with Crippen LogP contribution in [0.4, 0.5) is 10.5 Å². The summed E-state index contributed by atoms with van der Waals surface area (Å²) < 4.78 is 5.97. The number of amides is 3. The van der Waals surface area contributed by atoms with Gasteiger partial charge in [-0.05, 0) is 39.0 Å². The number of hydrogen-bond acceptors (Lipinski definition) is 5. The number of morpholine rings is 1. The maximum atomic E-state index is 13.4. The van der Waals surface area contributed by atoms with Crippen LogP contribution in [0, 0.1) is 0 Å². The molecule has 1 aliphatic heterocycles. The molecule has 0 bridgehead atoms. The van der Waals surface area contributed by atoms with Gasteiger partial charge in [-0.15, -0.1) is 0 Å². The predicted octanol–water partition coefficient (Wildman–Crippen LogP) is 3.10. The Balaban J connectivity index is 1.59. The van der Waals surface area contributed by atoms with Crippen molar-refractivity contribution in [3.05, 3.63) is 35.6 Å². The Kier molecular flexibility index (Phi) is 6.47. The highest BCUT2D eigenvalue weighted by molar-refractivity contribution is 6.33. The fourth-order valence-corrected chi connectivity index (χ4v) is 4.53. The number of carbonyl (C=O) groups is 2. The first-order valence-electron chi connectivity index (χ1n) is 10.9. The van der Waals surface area contributed by atoms with Crippen molar-refractivity contribution in [1.82, 2.24) is 25.5 Å². The number of pyridine rings is 1. The lowest BCUT2D eigenvalue weighted by Gasteiger charge is -2.43. The van der Waals surface area contributed by atoms with Crippen molar-refractivity contribution in [1.29, 1.82) is 0 Å². The third-order valence-corrected chi connectivity index (χ3v) is 6.02. The molecule has 10 heteroatoms. The van der Waals surface area contributed by atoms with E-state index in [4.69, 9.17) is 16.3 Å². The van der Waals surface area contributed by atoms with Gasteiger partial charge in [0.05, 0.1) is 35.1 Å². The van der Waals surface area contributed by atoms with Crippen LogP contribution >= 0.6 is 11.6 Å². The fraction of sp³-hybridized carbons (Fsp3) is 0.435. The van der Waals surface area contributed by atoms with Crippen LogP contribution in [0.1, 0.15) is 20.8 Å². The molecular weight excluding hydrogens is 444 g/mol. The molecule has 4 rings (SSSR count). The smallest absolute Gasteiger partial charge is 0.314 e. The Labute approximate surface area is 197 Å². The number of anilines is 1. The number of aromatic nitrogens is 2. The number of rotatable bonds is 5. The van der Waals surface area contributed by atoms with E-state index in [9.17, 15) is 9.59 Å². The van der Waals surface area contributed by atoms with Gasteiger partial charge in [0.1, 0.15) is 6.04 Å². The van der Waals surface area contributed by atoms with Crippen LogP contribution in [0.5, 0.6) is 0 Å². The van der Waals surface area contributed by atoms with Gasteiger partial charge < -0.3 is 25.7 Å². The first-order valence-corrected chi connectivity index (χ1v) is 11.3. The maximum absolute atomic E-state index is 13.4. The maximum Gasteiger partial charge on any atom is 0.314 e. The summed E-state index contributed by atoms with van der Waals surface area (Å²) in [5.74, 6) is -0.196. The summed E-state index contributed by atoms with van der Waals surface area (Å²) >= 11 is 6.39. The first-order chi connectivity index (χ1) is 15.7. The largest absolute Gasteiger partial charge is 0.372 e. The van der Waals surface area contributed by atoms with Crippen LogP contribution in [0.15, 0.2) is 30.6 Å². The number of nitrogens with one attached hydrogen (secondary N) is 4. The Morgan fingerprint density at radius 3 is 2.91 bits per heavy atom. The van der Waals surface area contributed by atoms with Crippen molar-refractivity contribution in [2.45, 2.75) is 38.5 Å². The first kappa shape index (κ1) is 23.3. The summed E-state index contributed by atoms with van der Waals surface area (Å²) in [7, 11) is 1.57. The molecule has 2 unspecified atom stereocenters. The Morgan fingerprint density at radius 1 is 1.36 bits per heavy atom. The highest BCUT2D eigenvalue weighted by atomic mass is 35.5. The van der Waals surface area contributed by atoms with Crippen molar-refractivity contribution in [2.75, 3.05) is 32.1 Å². The van der Waals surface area contributed by atoms with Crippen molar-refractivity contribution in [3.63, 3.8) is 0 Å². The average Bonchev–Trinajstić information content (AvgIpc) is 3.11. The van der Waals surface area contributed by atoms with E-state index in [1.54, 1.807) is 25.5 Å². The van der Waals surface area contributed by atoms with E-state index in [1.165, 1.54) is 0 Å². The lowest BCUT2D eigenvalue weighted by molar-refractivity contribution is -0.143. The highest BCUT2D eigenvalue weighted by Crippen LogP contribution is 2.33. The number of hydrogen-bond donors (Lipinski definition) is 4. The molecule has 9 nitrogen and oxygen atoms in total. The number of urea groups is 1. The Morgan fingerprint density at radius 2 is 2.15 bits per heavy atom. The molecule has 2 aromatic heterocycles. The zero-order chi connectivity index (χ0) is 23.8. The molecule has 3 aromatic rings. The van der Waals surface area contributed by atoms with E-state index < -0.39 is 11.6 Å². The van der Waals surface area contributed by atoms with E-state index in [0.717, 1.165) is 21.8 Å². The molecule has 0 saturated carbocycles. The number of benzene rings is 1. The zero-order valence-electron chi connectivity index (χ0n) is 19.2. The topological polar surface area (TPSA) is 111 Å². The van der Waals surface area contributed by atoms with Crippen LogP contribution in [0.25, 0.3) is 21.8 Å². The minimum absolute atomic E-state index is 0.159. The van der Waals surface area contributed by atoms with Gasteiger partial charge in [-0.3, -0.25) is 14.7 Å². The van der Waals surface area contributed by atoms with Crippen LogP contribution < -0.4 is 16.0 Å². The molecule has 0 aliphatic carbocycles. The number of H-pyrrole nitrogens is 1. The summed E-state index contributed by atoms with van der Waals surface area (Å²) in [5, 5.41) is 10.9. The van der Waals surface area contributed by atoms with Crippen LogP contribution in [-0.2, 0) is 9.53 Å². The molecule has 4 N–H and O–H groups in total. The van der Waals surface area contributed by atoms with E-state index in [1.807, 2.05) is 32.9 Å². The van der Waals surface area contributed by atoms with Gasteiger partial charge in [-0.2, -0.15) is 0 Å². The minimum Gasteiger partial charge on any atom is -0.372 e. The van der Waals surface area contributed by atoms with Gasteiger partial charge in [0.25, 0.3) is 0 Å². The van der Waals surface area contributed by atoms with Crippen molar-refractivity contribution < 1.29 is 14.3 Å². The Hall–Kier alpha value is -2.88. The second kappa shape index (κ2) is 9.17. The molecule has 1 fully saturated rings. The summed E-state index contributed by atoms with van der Waals surface area (Å²) in [6, 6.07) is 4.58. The zero-order valence-corrected chi connectivity index (χ0v) is 19.9. The van der Waals surface area contributed by atoms with Crippen molar-refractivity contribution in [2.24, 2.45) is 0 Å². The number of carbonyl (C=O) groups excluding carboxylic acids is 2. The molecule has 2 atom stereocenters. The van der Waals surface area contributed by atoms with Gasteiger partial charge in [0.15, 0.2) is 0 Å². The quantitative estimate of drug-likeness (QED) is 0.456. The summed E-state index contributed by atoms with van der Waals surface area (Å²) in [6.07, 6.45) is 3.47. The number of ether oxygens (including phenoxy) is 1. The van der Waals surface area contributed by atoms with Crippen LogP contribution in [0.3, 0.4) is 0 Å². The predicted molar refractivity (Wildman–Crippen MR) is 130 cm³/mol. The third kappa shape index (κ3) is 5.05. The molecular formula is C23H29ClN6O3. The lowest BCUT2D eigenvalue weighted by atomic mass is 10.0. The average molecular weight is 473 g/mol. The molecule has 0 radical (unpaired) electrons.